The van der Waals surface area contributed by atoms with Gasteiger partial charge in [-0.25, -0.2) is 0 Å². The molecule has 19 heavy (non-hydrogen) atoms. The first-order chi connectivity index (χ1) is 9.11. The number of benzene rings is 1. The average molecular weight is 263 g/mol. The molecule has 1 aromatic rings. The van der Waals surface area contributed by atoms with Crippen molar-refractivity contribution in [2.24, 2.45) is 0 Å². The third-order valence-electron chi connectivity index (χ3n) is 3.47. The van der Waals surface area contributed by atoms with Gasteiger partial charge in [0.2, 0.25) is 0 Å². The summed E-state index contributed by atoms with van der Waals surface area (Å²) < 4.78 is 5.51. The highest BCUT2D eigenvalue weighted by Gasteiger charge is 2.27. The molecule has 0 bridgehead atoms. The van der Waals surface area contributed by atoms with Gasteiger partial charge in [-0.3, -0.25) is 4.79 Å². The van der Waals surface area contributed by atoms with E-state index in [1.165, 1.54) is 0 Å². The van der Waals surface area contributed by atoms with Gasteiger partial charge in [0, 0.05) is 12.3 Å². The number of hydrogen-bond acceptors (Lipinski definition) is 3. The minimum Gasteiger partial charge on any atom is -0.396 e. The smallest absolute Gasteiger partial charge is 0.253 e. The summed E-state index contributed by atoms with van der Waals surface area (Å²) in [6.45, 7) is 4.90. The first kappa shape index (κ1) is 14.0. The number of hydrogen-bond donors (Lipinski definition) is 1. The maximum atomic E-state index is 12.0. The summed E-state index contributed by atoms with van der Waals surface area (Å²) in [7, 11) is 0. The largest absolute Gasteiger partial charge is 0.396 e. The molecule has 1 fully saturated rings. The Labute approximate surface area is 114 Å². The standard InChI is InChI=1S/C15H21NO3/c1-11-5-6-12(2)14(8-11)16-9-13(4-3-7-17)19-10-15(16)18/h5-6,8,13,17H,3-4,7,9-10H2,1-2H3. The number of carbonyl (C=O) groups is 1. The van der Waals surface area contributed by atoms with E-state index < -0.39 is 0 Å². The fourth-order valence-electron chi connectivity index (χ4n) is 2.36. The number of morpholine rings is 1. The molecule has 0 aromatic heterocycles. The Morgan fingerprint density at radius 2 is 2.21 bits per heavy atom. The van der Waals surface area contributed by atoms with Gasteiger partial charge in [-0.2, -0.15) is 0 Å². The third kappa shape index (κ3) is 3.33. The van der Waals surface area contributed by atoms with Gasteiger partial charge in [0.1, 0.15) is 6.61 Å². The van der Waals surface area contributed by atoms with Gasteiger partial charge < -0.3 is 14.7 Å². The second-order valence-electron chi connectivity index (χ2n) is 5.09. The molecule has 4 nitrogen and oxygen atoms in total. The van der Waals surface area contributed by atoms with E-state index in [9.17, 15) is 4.79 Å². The summed E-state index contributed by atoms with van der Waals surface area (Å²) in [5, 5.41) is 8.88. The molecule has 104 valence electrons. The van der Waals surface area contributed by atoms with Gasteiger partial charge in [-0.05, 0) is 43.9 Å². The highest BCUT2D eigenvalue weighted by molar-refractivity contribution is 5.95. The number of aryl methyl sites for hydroxylation is 2. The van der Waals surface area contributed by atoms with E-state index in [-0.39, 0.29) is 25.2 Å². The van der Waals surface area contributed by atoms with Crippen molar-refractivity contribution in [2.75, 3.05) is 24.7 Å². The van der Waals surface area contributed by atoms with Crippen molar-refractivity contribution >= 4 is 11.6 Å². The lowest BCUT2D eigenvalue weighted by Gasteiger charge is -2.33. The number of anilines is 1. The molecule has 0 radical (unpaired) electrons. The number of aliphatic hydroxyl groups is 1. The van der Waals surface area contributed by atoms with Crippen LogP contribution in [0.1, 0.15) is 24.0 Å². The quantitative estimate of drug-likeness (QED) is 0.901. The summed E-state index contributed by atoms with van der Waals surface area (Å²) >= 11 is 0. The molecule has 1 amide bonds. The first-order valence-corrected chi connectivity index (χ1v) is 6.72. The predicted molar refractivity (Wildman–Crippen MR) is 74.3 cm³/mol. The van der Waals surface area contributed by atoms with E-state index in [0.717, 1.165) is 23.2 Å². The molecular weight excluding hydrogens is 242 g/mol. The Bertz CT molecular complexity index is 459. The van der Waals surface area contributed by atoms with Gasteiger partial charge in [0.15, 0.2) is 0 Å². The molecule has 1 aliphatic heterocycles. The van der Waals surface area contributed by atoms with E-state index in [4.69, 9.17) is 9.84 Å². The Kier molecular flexibility index (Phi) is 4.56. The molecule has 1 unspecified atom stereocenters. The molecule has 1 aliphatic rings. The van der Waals surface area contributed by atoms with Gasteiger partial charge in [-0.15, -0.1) is 0 Å². The number of rotatable bonds is 4. The number of ether oxygens (including phenoxy) is 1. The number of amides is 1. The van der Waals surface area contributed by atoms with Crippen LogP contribution in [0.3, 0.4) is 0 Å². The normalized spacial score (nSPS) is 19.8. The van der Waals surface area contributed by atoms with Gasteiger partial charge in [-0.1, -0.05) is 12.1 Å². The summed E-state index contributed by atoms with van der Waals surface area (Å²) in [5.74, 6) is 0.00829. The van der Waals surface area contributed by atoms with Crippen molar-refractivity contribution in [2.45, 2.75) is 32.8 Å². The number of nitrogens with zero attached hydrogens (tertiary/aromatic N) is 1. The molecule has 0 saturated carbocycles. The van der Waals surface area contributed by atoms with E-state index in [0.29, 0.717) is 13.0 Å². The Balaban J connectivity index is 2.16. The molecule has 1 aromatic carbocycles. The molecule has 4 heteroatoms. The molecule has 0 spiro atoms. The van der Waals surface area contributed by atoms with Crippen molar-refractivity contribution < 1.29 is 14.6 Å². The lowest BCUT2D eigenvalue weighted by Crippen LogP contribution is -2.47. The van der Waals surface area contributed by atoms with E-state index >= 15 is 0 Å². The number of carbonyl (C=O) groups excluding carboxylic acids is 1. The van der Waals surface area contributed by atoms with Crippen LogP contribution in [-0.2, 0) is 9.53 Å². The zero-order chi connectivity index (χ0) is 13.8. The monoisotopic (exact) mass is 263 g/mol. The summed E-state index contributed by atoms with van der Waals surface area (Å²) in [4.78, 5) is 13.8. The van der Waals surface area contributed by atoms with Crippen molar-refractivity contribution in [3.05, 3.63) is 29.3 Å². The zero-order valence-corrected chi connectivity index (χ0v) is 11.6. The van der Waals surface area contributed by atoms with E-state index in [1.54, 1.807) is 0 Å². The average Bonchev–Trinajstić information content (AvgIpc) is 2.41. The zero-order valence-electron chi connectivity index (χ0n) is 11.6. The van der Waals surface area contributed by atoms with Crippen LogP contribution in [0, 0.1) is 13.8 Å². The highest BCUT2D eigenvalue weighted by atomic mass is 16.5. The summed E-state index contributed by atoms with van der Waals surface area (Å²) in [6, 6.07) is 6.13. The molecule has 2 rings (SSSR count). The van der Waals surface area contributed by atoms with Crippen LogP contribution in [0.5, 0.6) is 0 Å². The Morgan fingerprint density at radius 1 is 1.42 bits per heavy atom. The fraction of sp³-hybridized carbons (Fsp3) is 0.533. The van der Waals surface area contributed by atoms with Crippen molar-refractivity contribution in [3.8, 4) is 0 Å². The third-order valence-corrected chi connectivity index (χ3v) is 3.47. The van der Waals surface area contributed by atoms with Crippen LogP contribution < -0.4 is 4.90 Å². The summed E-state index contributed by atoms with van der Waals surface area (Å²) in [5.41, 5.74) is 3.22. The minimum atomic E-state index is 0.00829. The molecule has 1 N–H and O–H groups in total. The van der Waals surface area contributed by atoms with Crippen LogP contribution >= 0.6 is 0 Å². The molecule has 0 aliphatic carbocycles. The summed E-state index contributed by atoms with van der Waals surface area (Å²) in [6.07, 6.45) is 1.51. The van der Waals surface area contributed by atoms with Crippen LogP contribution in [0.15, 0.2) is 18.2 Å². The van der Waals surface area contributed by atoms with Crippen molar-refractivity contribution in [1.82, 2.24) is 0 Å². The molecular formula is C15H21NO3. The van der Waals surface area contributed by atoms with E-state index in [1.807, 2.05) is 36.9 Å². The van der Waals surface area contributed by atoms with Crippen molar-refractivity contribution in [1.29, 1.82) is 0 Å². The number of aliphatic hydroxyl groups excluding tert-OH is 1. The van der Waals surface area contributed by atoms with Gasteiger partial charge >= 0.3 is 0 Å². The predicted octanol–water partition coefficient (Wildman–Crippen LogP) is 1.81. The maximum absolute atomic E-state index is 12.0. The van der Waals surface area contributed by atoms with Gasteiger partial charge in [0.25, 0.3) is 5.91 Å². The Hall–Kier alpha value is -1.39. The van der Waals surface area contributed by atoms with Crippen molar-refractivity contribution in [3.63, 3.8) is 0 Å². The van der Waals surface area contributed by atoms with Crippen LogP contribution in [-0.4, -0.2) is 36.9 Å². The minimum absolute atomic E-state index is 0.00829. The fourth-order valence-corrected chi connectivity index (χ4v) is 2.36. The Morgan fingerprint density at radius 3 is 2.95 bits per heavy atom. The lowest BCUT2D eigenvalue weighted by atomic mass is 10.1. The van der Waals surface area contributed by atoms with Crippen LogP contribution in [0.25, 0.3) is 0 Å². The molecule has 1 saturated heterocycles. The van der Waals surface area contributed by atoms with Crippen LogP contribution in [0.4, 0.5) is 5.69 Å². The maximum Gasteiger partial charge on any atom is 0.253 e. The van der Waals surface area contributed by atoms with Gasteiger partial charge in [0.05, 0.1) is 12.6 Å². The lowest BCUT2D eigenvalue weighted by molar-refractivity contribution is -0.129. The second kappa shape index (κ2) is 6.17. The SMILES string of the molecule is Cc1ccc(C)c(N2CC(CCCO)OCC2=O)c1. The van der Waals surface area contributed by atoms with E-state index in [2.05, 4.69) is 0 Å². The topological polar surface area (TPSA) is 49.8 Å². The molecule has 1 atom stereocenters. The first-order valence-electron chi connectivity index (χ1n) is 6.72. The molecule has 1 heterocycles. The highest BCUT2D eigenvalue weighted by Crippen LogP contribution is 2.25. The van der Waals surface area contributed by atoms with Crippen LogP contribution in [0.2, 0.25) is 0 Å². The second-order valence-corrected chi connectivity index (χ2v) is 5.09.